The van der Waals surface area contributed by atoms with Crippen molar-refractivity contribution in [3.05, 3.63) is 24.4 Å². The van der Waals surface area contributed by atoms with Crippen LogP contribution in [-0.2, 0) is 4.74 Å². The molecule has 1 saturated heterocycles. The minimum atomic E-state index is 0.443. The van der Waals surface area contributed by atoms with Crippen LogP contribution in [0, 0.1) is 5.92 Å². The van der Waals surface area contributed by atoms with E-state index in [1.165, 1.54) is 25.9 Å². The van der Waals surface area contributed by atoms with Gasteiger partial charge in [0.25, 0.3) is 0 Å². The number of aromatic nitrogens is 1. The Morgan fingerprint density at radius 2 is 2.05 bits per heavy atom. The van der Waals surface area contributed by atoms with Crippen molar-refractivity contribution >= 4 is 5.82 Å². The maximum atomic E-state index is 5.86. The number of rotatable bonds is 8. The van der Waals surface area contributed by atoms with Gasteiger partial charge in [-0.15, -0.1) is 0 Å². The number of hydrogen-bond acceptors (Lipinski definition) is 4. The van der Waals surface area contributed by atoms with Crippen LogP contribution in [0.4, 0.5) is 5.82 Å². The fourth-order valence-electron chi connectivity index (χ4n) is 2.53. The molecule has 1 aliphatic rings. The highest BCUT2D eigenvalue weighted by Gasteiger charge is 2.22. The molecule has 1 aromatic heterocycles. The second kappa shape index (κ2) is 8.22. The van der Waals surface area contributed by atoms with Crippen molar-refractivity contribution in [1.82, 2.24) is 9.88 Å². The van der Waals surface area contributed by atoms with Crippen LogP contribution in [0.25, 0.3) is 0 Å². The van der Waals surface area contributed by atoms with E-state index in [9.17, 15) is 0 Å². The molecule has 4 nitrogen and oxygen atoms in total. The lowest BCUT2D eigenvalue weighted by Crippen LogP contribution is -2.42. The topological polar surface area (TPSA) is 37.4 Å². The lowest BCUT2D eigenvalue weighted by Gasteiger charge is -2.28. The van der Waals surface area contributed by atoms with Gasteiger partial charge in [0.15, 0.2) is 0 Å². The smallest absolute Gasteiger partial charge is 0.125 e. The Kier molecular flexibility index (Phi) is 6.27. The molecule has 0 radical (unpaired) electrons. The average Bonchev–Trinajstić information content (AvgIpc) is 2.97. The van der Waals surface area contributed by atoms with Crippen molar-refractivity contribution < 1.29 is 4.74 Å². The summed E-state index contributed by atoms with van der Waals surface area (Å²) in [5.74, 6) is 1.54. The Morgan fingerprint density at radius 3 is 2.70 bits per heavy atom. The zero-order valence-corrected chi connectivity index (χ0v) is 12.7. The number of likely N-dealkylation sites (tertiary alicyclic amines) is 1. The summed E-state index contributed by atoms with van der Waals surface area (Å²) in [5, 5.41) is 3.43. The molecule has 2 rings (SSSR count). The third-order valence-electron chi connectivity index (χ3n) is 3.60. The molecule has 0 amide bonds. The van der Waals surface area contributed by atoms with E-state index < -0.39 is 0 Å². The summed E-state index contributed by atoms with van der Waals surface area (Å²) < 4.78 is 5.86. The zero-order valence-electron chi connectivity index (χ0n) is 12.7. The van der Waals surface area contributed by atoms with Gasteiger partial charge in [-0.3, -0.25) is 4.90 Å². The van der Waals surface area contributed by atoms with Crippen molar-refractivity contribution in [1.29, 1.82) is 0 Å². The van der Waals surface area contributed by atoms with Crippen molar-refractivity contribution in [2.45, 2.75) is 32.7 Å². The number of nitrogens with zero attached hydrogens (tertiary/aromatic N) is 2. The summed E-state index contributed by atoms with van der Waals surface area (Å²) >= 11 is 0. The highest BCUT2D eigenvalue weighted by molar-refractivity contribution is 5.33. The van der Waals surface area contributed by atoms with Crippen LogP contribution in [0.15, 0.2) is 24.4 Å². The minimum absolute atomic E-state index is 0.443. The van der Waals surface area contributed by atoms with Gasteiger partial charge in [-0.25, -0.2) is 4.98 Å². The fourth-order valence-corrected chi connectivity index (χ4v) is 2.53. The maximum absolute atomic E-state index is 5.86. The molecular weight excluding hydrogens is 250 g/mol. The number of hydrogen-bond donors (Lipinski definition) is 1. The van der Waals surface area contributed by atoms with E-state index in [1.54, 1.807) is 0 Å². The van der Waals surface area contributed by atoms with Crippen LogP contribution < -0.4 is 5.32 Å². The van der Waals surface area contributed by atoms with Gasteiger partial charge in [0.05, 0.1) is 12.6 Å². The second-order valence-electron chi connectivity index (χ2n) is 5.92. The van der Waals surface area contributed by atoms with Crippen molar-refractivity contribution in [3.63, 3.8) is 0 Å². The van der Waals surface area contributed by atoms with E-state index in [-0.39, 0.29) is 0 Å². The predicted octanol–water partition coefficient (Wildman–Crippen LogP) is 2.63. The molecule has 112 valence electrons. The minimum Gasteiger partial charge on any atom is -0.379 e. The first kappa shape index (κ1) is 15.3. The van der Waals surface area contributed by atoms with E-state index in [2.05, 4.69) is 29.0 Å². The molecule has 0 spiro atoms. The number of ether oxygens (including phenoxy) is 1. The van der Waals surface area contributed by atoms with E-state index >= 15 is 0 Å². The Labute approximate surface area is 122 Å². The van der Waals surface area contributed by atoms with E-state index in [4.69, 9.17) is 4.74 Å². The molecule has 1 aliphatic heterocycles. The van der Waals surface area contributed by atoms with E-state index in [0.29, 0.717) is 12.0 Å². The first-order valence-corrected chi connectivity index (χ1v) is 7.72. The summed E-state index contributed by atoms with van der Waals surface area (Å²) in [4.78, 5) is 6.85. The molecule has 0 aliphatic carbocycles. The standard InChI is InChI=1S/C16H27N3O/c1-14(2)12-20-13-15(19-9-5-6-10-19)11-18-16-7-3-4-8-17-16/h3-4,7-8,14-15H,5-6,9-13H2,1-2H3,(H,17,18). The van der Waals surface area contributed by atoms with Crippen LogP contribution in [-0.4, -0.2) is 48.8 Å². The lowest BCUT2D eigenvalue weighted by molar-refractivity contribution is 0.0590. The van der Waals surface area contributed by atoms with Gasteiger partial charge in [-0.2, -0.15) is 0 Å². The average molecular weight is 277 g/mol. The molecule has 1 atom stereocenters. The maximum Gasteiger partial charge on any atom is 0.125 e. The van der Waals surface area contributed by atoms with Crippen molar-refractivity contribution in [2.75, 3.05) is 38.2 Å². The second-order valence-corrected chi connectivity index (χ2v) is 5.92. The molecule has 2 heterocycles. The van der Waals surface area contributed by atoms with Gasteiger partial charge in [0, 0.05) is 19.3 Å². The summed E-state index contributed by atoms with van der Waals surface area (Å²) in [7, 11) is 0. The molecule has 0 bridgehead atoms. The fraction of sp³-hybridized carbons (Fsp3) is 0.688. The molecule has 1 fully saturated rings. The van der Waals surface area contributed by atoms with Gasteiger partial charge in [0.2, 0.25) is 0 Å². The van der Waals surface area contributed by atoms with Crippen LogP contribution in [0.5, 0.6) is 0 Å². The first-order valence-electron chi connectivity index (χ1n) is 7.72. The summed E-state index contributed by atoms with van der Waals surface area (Å²) in [6, 6.07) is 6.40. The predicted molar refractivity (Wildman–Crippen MR) is 83.0 cm³/mol. The monoisotopic (exact) mass is 277 g/mol. The Morgan fingerprint density at radius 1 is 1.25 bits per heavy atom. The van der Waals surface area contributed by atoms with Gasteiger partial charge < -0.3 is 10.1 Å². The number of nitrogens with one attached hydrogen (secondary N) is 1. The van der Waals surface area contributed by atoms with E-state index in [0.717, 1.165) is 25.6 Å². The van der Waals surface area contributed by atoms with Crippen molar-refractivity contribution in [2.24, 2.45) is 5.92 Å². The molecule has 20 heavy (non-hydrogen) atoms. The zero-order chi connectivity index (χ0) is 14.2. The summed E-state index contributed by atoms with van der Waals surface area (Å²) in [6.45, 7) is 9.31. The van der Waals surface area contributed by atoms with Crippen LogP contribution in [0.2, 0.25) is 0 Å². The molecular formula is C16H27N3O. The normalized spacial score (nSPS) is 17.6. The van der Waals surface area contributed by atoms with E-state index in [1.807, 2.05) is 24.4 Å². The number of anilines is 1. The third-order valence-corrected chi connectivity index (χ3v) is 3.60. The molecule has 0 saturated carbocycles. The molecule has 1 aromatic rings. The van der Waals surface area contributed by atoms with Gasteiger partial charge in [-0.1, -0.05) is 19.9 Å². The molecule has 0 aromatic carbocycles. The molecule has 1 N–H and O–H groups in total. The highest BCUT2D eigenvalue weighted by atomic mass is 16.5. The van der Waals surface area contributed by atoms with Gasteiger partial charge in [0.1, 0.15) is 5.82 Å². The van der Waals surface area contributed by atoms with Crippen LogP contribution >= 0.6 is 0 Å². The highest BCUT2D eigenvalue weighted by Crippen LogP contribution is 2.13. The first-order chi connectivity index (χ1) is 9.75. The summed E-state index contributed by atoms with van der Waals surface area (Å²) in [6.07, 6.45) is 4.44. The van der Waals surface area contributed by atoms with Crippen LogP contribution in [0.1, 0.15) is 26.7 Å². The lowest BCUT2D eigenvalue weighted by atomic mass is 10.2. The summed E-state index contributed by atoms with van der Waals surface area (Å²) in [5.41, 5.74) is 0. The van der Waals surface area contributed by atoms with Gasteiger partial charge >= 0.3 is 0 Å². The molecule has 4 heteroatoms. The Hall–Kier alpha value is -1.13. The third kappa shape index (κ3) is 5.10. The SMILES string of the molecule is CC(C)COCC(CNc1ccccn1)N1CCCC1. The quantitative estimate of drug-likeness (QED) is 0.792. The van der Waals surface area contributed by atoms with Crippen LogP contribution in [0.3, 0.4) is 0 Å². The Bertz CT molecular complexity index is 363. The number of pyridine rings is 1. The van der Waals surface area contributed by atoms with Gasteiger partial charge in [-0.05, 0) is 44.0 Å². The largest absolute Gasteiger partial charge is 0.379 e. The molecule has 1 unspecified atom stereocenters. The van der Waals surface area contributed by atoms with Crippen molar-refractivity contribution in [3.8, 4) is 0 Å². The Balaban J connectivity index is 1.82.